The average molecular weight is 388 g/mol. The molecule has 154 valence electrons. The summed E-state index contributed by atoms with van der Waals surface area (Å²) in [6.45, 7) is 4.14. The van der Waals surface area contributed by atoms with Crippen LogP contribution < -0.4 is 4.74 Å². The van der Waals surface area contributed by atoms with E-state index in [1.54, 1.807) is 0 Å². The van der Waals surface area contributed by atoms with E-state index in [1.165, 1.54) is 25.7 Å². The van der Waals surface area contributed by atoms with Gasteiger partial charge in [0.1, 0.15) is 11.7 Å². The summed E-state index contributed by atoms with van der Waals surface area (Å²) in [5.41, 5.74) is -0.647. The summed E-state index contributed by atoms with van der Waals surface area (Å²) >= 11 is 0. The quantitative estimate of drug-likeness (QED) is 0.217. The van der Waals surface area contributed by atoms with E-state index in [9.17, 15) is 18.0 Å². The fraction of sp³-hybridized carbons (Fsp3) is 0.667. The van der Waals surface area contributed by atoms with Gasteiger partial charge in [-0.15, -0.1) is 0 Å². The zero-order valence-electron chi connectivity index (χ0n) is 16.6. The van der Waals surface area contributed by atoms with Gasteiger partial charge in [-0.3, -0.25) is 0 Å². The van der Waals surface area contributed by atoms with Gasteiger partial charge in [-0.2, -0.15) is 4.39 Å². The summed E-state index contributed by atoms with van der Waals surface area (Å²) in [6.07, 6.45) is 9.76. The number of carbonyl (C=O) groups excluding carboxylic acids is 1. The van der Waals surface area contributed by atoms with Crippen molar-refractivity contribution in [1.82, 2.24) is 0 Å². The Bertz CT molecular complexity index is 591. The molecule has 0 aromatic heterocycles. The third kappa shape index (κ3) is 7.43. The zero-order valence-corrected chi connectivity index (χ0v) is 16.6. The molecule has 0 amide bonds. The number of benzene rings is 1. The summed E-state index contributed by atoms with van der Waals surface area (Å²) in [5.74, 6) is -5.96. The van der Waals surface area contributed by atoms with Crippen LogP contribution in [0.25, 0.3) is 0 Å². The average Bonchev–Trinajstić information content (AvgIpc) is 2.64. The van der Waals surface area contributed by atoms with Gasteiger partial charge in [0.2, 0.25) is 5.82 Å². The normalized spacial score (nSPS) is 12.1. The Morgan fingerprint density at radius 2 is 1.56 bits per heavy atom. The molecule has 27 heavy (non-hydrogen) atoms. The van der Waals surface area contributed by atoms with E-state index < -0.39 is 34.7 Å². The molecule has 0 spiro atoms. The van der Waals surface area contributed by atoms with E-state index in [0.717, 1.165) is 32.8 Å². The number of hydrogen-bond donors (Lipinski definition) is 0. The highest BCUT2D eigenvalue weighted by Crippen LogP contribution is 2.28. The largest absolute Gasteiger partial charge is 0.491 e. The second-order valence-corrected chi connectivity index (χ2v) is 6.79. The van der Waals surface area contributed by atoms with Gasteiger partial charge >= 0.3 is 5.97 Å². The Kier molecular flexibility index (Phi) is 10.9. The van der Waals surface area contributed by atoms with Crippen LogP contribution >= 0.6 is 0 Å². The first-order valence-corrected chi connectivity index (χ1v) is 9.88. The Balaban J connectivity index is 2.64. The second kappa shape index (κ2) is 12.6. The van der Waals surface area contributed by atoms with Crippen LogP contribution in [0.3, 0.4) is 0 Å². The molecule has 3 nitrogen and oxygen atoms in total. The van der Waals surface area contributed by atoms with Gasteiger partial charge in [-0.25, -0.2) is 13.6 Å². The lowest BCUT2D eigenvalue weighted by Gasteiger charge is -2.18. The van der Waals surface area contributed by atoms with Crippen molar-refractivity contribution < 1.29 is 27.4 Å². The Labute approximate surface area is 160 Å². The molecule has 0 aliphatic heterocycles. The topological polar surface area (TPSA) is 35.5 Å². The number of hydrogen-bond acceptors (Lipinski definition) is 3. The molecule has 0 N–H and O–H groups in total. The SMILES string of the molecule is CCCCCCCCCC(CCC)OC(=O)c1cc(F)c(F)c(OC)c1F. The first-order valence-electron chi connectivity index (χ1n) is 9.88. The van der Waals surface area contributed by atoms with Crippen molar-refractivity contribution in [1.29, 1.82) is 0 Å². The number of halogens is 3. The Morgan fingerprint density at radius 1 is 0.926 bits per heavy atom. The molecule has 1 aromatic rings. The van der Waals surface area contributed by atoms with Gasteiger partial charge in [0.25, 0.3) is 0 Å². The van der Waals surface area contributed by atoms with E-state index in [1.807, 2.05) is 6.92 Å². The van der Waals surface area contributed by atoms with Gasteiger partial charge in [0.15, 0.2) is 17.4 Å². The first kappa shape index (κ1) is 23.3. The van der Waals surface area contributed by atoms with E-state index in [2.05, 4.69) is 11.7 Å². The minimum atomic E-state index is -1.46. The molecule has 1 unspecified atom stereocenters. The van der Waals surface area contributed by atoms with Crippen LogP contribution in [-0.2, 0) is 4.74 Å². The number of methoxy groups -OCH3 is 1. The predicted octanol–water partition coefficient (Wildman–Crippen LogP) is 6.58. The van der Waals surface area contributed by atoms with Crippen LogP contribution in [0, 0.1) is 17.5 Å². The fourth-order valence-corrected chi connectivity index (χ4v) is 3.04. The van der Waals surface area contributed by atoms with Crippen molar-refractivity contribution in [2.24, 2.45) is 0 Å². The fourth-order valence-electron chi connectivity index (χ4n) is 3.04. The zero-order chi connectivity index (χ0) is 20.2. The number of esters is 1. The third-order valence-electron chi connectivity index (χ3n) is 4.55. The maximum atomic E-state index is 14.2. The van der Waals surface area contributed by atoms with Crippen molar-refractivity contribution in [2.45, 2.75) is 84.2 Å². The van der Waals surface area contributed by atoms with Crippen molar-refractivity contribution in [2.75, 3.05) is 7.11 Å². The van der Waals surface area contributed by atoms with E-state index in [4.69, 9.17) is 4.74 Å². The summed E-state index contributed by atoms with van der Waals surface area (Å²) in [7, 11) is 1.01. The lowest BCUT2D eigenvalue weighted by atomic mass is 10.0. The summed E-state index contributed by atoms with van der Waals surface area (Å²) in [4.78, 5) is 12.3. The third-order valence-corrected chi connectivity index (χ3v) is 4.55. The van der Waals surface area contributed by atoms with Crippen molar-refractivity contribution in [3.63, 3.8) is 0 Å². The maximum Gasteiger partial charge on any atom is 0.341 e. The highest BCUT2D eigenvalue weighted by atomic mass is 19.2. The molecule has 0 radical (unpaired) electrons. The predicted molar refractivity (Wildman–Crippen MR) is 99.6 cm³/mol. The molecule has 1 rings (SSSR count). The molecular weight excluding hydrogens is 357 g/mol. The summed E-state index contributed by atoms with van der Waals surface area (Å²) < 4.78 is 51.2. The Morgan fingerprint density at radius 3 is 2.15 bits per heavy atom. The van der Waals surface area contributed by atoms with Crippen molar-refractivity contribution in [3.8, 4) is 5.75 Å². The van der Waals surface area contributed by atoms with E-state index >= 15 is 0 Å². The molecule has 0 saturated heterocycles. The minimum Gasteiger partial charge on any atom is -0.491 e. The van der Waals surface area contributed by atoms with Crippen LogP contribution in [0.5, 0.6) is 5.75 Å². The van der Waals surface area contributed by atoms with Crippen molar-refractivity contribution in [3.05, 3.63) is 29.1 Å². The monoisotopic (exact) mass is 388 g/mol. The molecular formula is C21H31F3O3. The van der Waals surface area contributed by atoms with E-state index in [-0.39, 0.29) is 6.10 Å². The lowest BCUT2D eigenvalue weighted by molar-refractivity contribution is 0.0247. The van der Waals surface area contributed by atoms with Gasteiger partial charge in [0.05, 0.1) is 7.11 Å². The highest BCUT2D eigenvalue weighted by Gasteiger charge is 2.26. The summed E-state index contributed by atoms with van der Waals surface area (Å²) in [5, 5.41) is 0. The second-order valence-electron chi connectivity index (χ2n) is 6.79. The van der Waals surface area contributed by atoms with Gasteiger partial charge in [-0.1, -0.05) is 58.8 Å². The van der Waals surface area contributed by atoms with E-state index in [0.29, 0.717) is 18.9 Å². The summed E-state index contributed by atoms with van der Waals surface area (Å²) in [6, 6.07) is 0.520. The molecule has 0 heterocycles. The highest BCUT2D eigenvalue weighted by molar-refractivity contribution is 5.90. The molecule has 0 saturated carbocycles. The number of ether oxygens (including phenoxy) is 2. The van der Waals surface area contributed by atoms with Gasteiger partial charge in [-0.05, 0) is 25.3 Å². The molecule has 0 aliphatic carbocycles. The van der Waals surface area contributed by atoms with Crippen molar-refractivity contribution >= 4 is 5.97 Å². The van der Waals surface area contributed by atoms with Crippen LogP contribution in [-0.4, -0.2) is 19.2 Å². The Hall–Kier alpha value is -1.72. The van der Waals surface area contributed by atoms with Crippen LogP contribution in [0.2, 0.25) is 0 Å². The minimum absolute atomic E-state index is 0.364. The standard InChI is InChI=1S/C21H31F3O3/c1-4-6-7-8-9-10-11-13-15(12-5-2)27-21(25)16-14-17(22)19(24)20(26-3)18(16)23/h14-15H,4-13H2,1-3H3. The number of carbonyl (C=O) groups is 1. The number of unbranched alkanes of at least 4 members (excludes halogenated alkanes) is 6. The lowest BCUT2D eigenvalue weighted by Crippen LogP contribution is -2.20. The molecule has 0 bridgehead atoms. The molecule has 0 fully saturated rings. The number of rotatable bonds is 13. The van der Waals surface area contributed by atoms with Gasteiger partial charge < -0.3 is 9.47 Å². The van der Waals surface area contributed by atoms with Crippen LogP contribution in [0.4, 0.5) is 13.2 Å². The molecule has 6 heteroatoms. The van der Waals surface area contributed by atoms with Crippen LogP contribution in [0.15, 0.2) is 6.07 Å². The smallest absolute Gasteiger partial charge is 0.341 e. The molecule has 1 atom stereocenters. The van der Waals surface area contributed by atoms with Gasteiger partial charge in [0, 0.05) is 0 Å². The van der Waals surface area contributed by atoms with Crippen LogP contribution in [0.1, 0.15) is 88.4 Å². The maximum absolute atomic E-state index is 14.2. The molecule has 1 aromatic carbocycles. The first-order chi connectivity index (χ1) is 13.0. The molecule has 0 aliphatic rings.